The SMILES string of the molecule is CCC(CC)CC(O)C(C)(C)O. The number of aliphatic hydroxyl groups excluding tert-OH is 1. The van der Waals surface area contributed by atoms with E-state index in [1.807, 2.05) is 0 Å². The first-order valence-electron chi connectivity index (χ1n) is 4.82. The molecule has 0 aliphatic carbocycles. The van der Waals surface area contributed by atoms with Crippen LogP contribution >= 0.6 is 0 Å². The molecule has 1 atom stereocenters. The van der Waals surface area contributed by atoms with E-state index in [-0.39, 0.29) is 0 Å². The second kappa shape index (κ2) is 4.83. The van der Waals surface area contributed by atoms with Crippen LogP contribution in [0.5, 0.6) is 0 Å². The summed E-state index contributed by atoms with van der Waals surface area (Å²) >= 11 is 0. The fourth-order valence-corrected chi connectivity index (χ4v) is 1.23. The Hall–Kier alpha value is -0.0800. The van der Waals surface area contributed by atoms with Crippen molar-refractivity contribution in [2.24, 2.45) is 5.92 Å². The van der Waals surface area contributed by atoms with Gasteiger partial charge in [-0.05, 0) is 26.2 Å². The molecule has 0 aliphatic rings. The zero-order valence-electron chi connectivity index (χ0n) is 8.67. The molecule has 0 fully saturated rings. The van der Waals surface area contributed by atoms with E-state index in [1.54, 1.807) is 13.8 Å². The summed E-state index contributed by atoms with van der Waals surface area (Å²) < 4.78 is 0. The lowest BCUT2D eigenvalue weighted by Crippen LogP contribution is -2.37. The van der Waals surface area contributed by atoms with Gasteiger partial charge in [0.15, 0.2) is 0 Å². The lowest BCUT2D eigenvalue weighted by molar-refractivity contribution is -0.0586. The molecule has 0 aromatic carbocycles. The smallest absolute Gasteiger partial charge is 0.0849 e. The molecule has 0 heterocycles. The minimum atomic E-state index is -0.956. The zero-order valence-corrected chi connectivity index (χ0v) is 8.67. The Labute approximate surface area is 75.6 Å². The van der Waals surface area contributed by atoms with Gasteiger partial charge in [0.2, 0.25) is 0 Å². The van der Waals surface area contributed by atoms with Crippen LogP contribution < -0.4 is 0 Å². The maximum absolute atomic E-state index is 9.57. The second-order valence-electron chi connectivity index (χ2n) is 4.09. The van der Waals surface area contributed by atoms with E-state index < -0.39 is 11.7 Å². The van der Waals surface area contributed by atoms with Gasteiger partial charge in [-0.15, -0.1) is 0 Å². The summed E-state index contributed by atoms with van der Waals surface area (Å²) in [6.45, 7) is 7.54. The number of hydrogen-bond donors (Lipinski definition) is 2. The van der Waals surface area contributed by atoms with Crippen molar-refractivity contribution in [1.82, 2.24) is 0 Å². The number of aliphatic hydroxyl groups is 2. The van der Waals surface area contributed by atoms with Crippen molar-refractivity contribution < 1.29 is 10.2 Å². The third-order valence-corrected chi connectivity index (χ3v) is 2.53. The summed E-state index contributed by atoms with van der Waals surface area (Å²) in [5, 5.41) is 19.0. The molecular formula is C10H22O2. The molecular weight excluding hydrogens is 152 g/mol. The predicted octanol–water partition coefficient (Wildman–Crippen LogP) is 1.94. The molecule has 0 aromatic rings. The normalized spacial score (nSPS) is 15.2. The van der Waals surface area contributed by atoms with Crippen molar-refractivity contribution in [1.29, 1.82) is 0 Å². The molecule has 0 saturated heterocycles. The summed E-state index contributed by atoms with van der Waals surface area (Å²) in [7, 11) is 0. The van der Waals surface area contributed by atoms with Crippen LogP contribution in [0.3, 0.4) is 0 Å². The Kier molecular flexibility index (Phi) is 4.80. The van der Waals surface area contributed by atoms with E-state index in [4.69, 9.17) is 0 Å². The van der Waals surface area contributed by atoms with E-state index >= 15 is 0 Å². The molecule has 0 amide bonds. The number of rotatable bonds is 5. The fourth-order valence-electron chi connectivity index (χ4n) is 1.23. The Morgan fingerprint density at radius 1 is 1.17 bits per heavy atom. The third-order valence-electron chi connectivity index (χ3n) is 2.53. The predicted molar refractivity (Wildman–Crippen MR) is 51.0 cm³/mol. The average molecular weight is 174 g/mol. The average Bonchev–Trinajstić information content (AvgIpc) is 1.97. The van der Waals surface area contributed by atoms with Crippen LogP contribution in [0.2, 0.25) is 0 Å². The molecule has 1 unspecified atom stereocenters. The molecule has 74 valence electrons. The van der Waals surface area contributed by atoms with Gasteiger partial charge >= 0.3 is 0 Å². The summed E-state index contributed by atoms with van der Waals surface area (Å²) in [6, 6.07) is 0. The van der Waals surface area contributed by atoms with Crippen LogP contribution in [0.15, 0.2) is 0 Å². The highest BCUT2D eigenvalue weighted by Crippen LogP contribution is 2.21. The molecule has 0 rings (SSSR count). The topological polar surface area (TPSA) is 40.5 Å². The number of hydrogen-bond acceptors (Lipinski definition) is 2. The summed E-state index contributed by atoms with van der Waals surface area (Å²) in [4.78, 5) is 0. The van der Waals surface area contributed by atoms with Gasteiger partial charge < -0.3 is 10.2 Å². The Morgan fingerprint density at radius 3 is 1.83 bits per heavy atom. The van der Waals surface area contributed by atoms with Crippen LogP contribution in [-0.2, 0) is 0 Å². The lowest BCUT2D eigenvalue weighted by atomic mass is 9.89. The van der Waals surface area contributed by atoms with Crippen LogP contribution in [-0.4, -0.2) is 21.9 Å². The largest absolute Gasteiger partial charge is 0.390 e. The van der Waals surface area contributed by atoms with Crippen molar-refractivity contribution in [2.75, 3.05) is 0 Å². The van der Waals surface area contributed by atoms with Gasteiger partial charge in [0, 0.05) is 0 Å². The van der Waals surface area contributed by atoms with Gasteiger partial charge in [-0.2, -0.15) is 0 Å². The van der Waals surface area contributed by atoms with Crippen LogP contribution in [0.4, 0.5) is 0 Å². The van der Waals surface area contributed by atoms with E-state index in [2.05, 4.69) is 13.8 Å². The standard InChI is InChI=1S/C10H22O2/c1-5-8(6-2)7-9(11)10(3,4)12/h8-9,11-12H,5-7H2,1-4H3. The molecule has 2 heteroatoms. The van der Waals surface area contributed by atoms with Crippen LogP contribution in [0.1, 0.15) is 47.0 Å². The maximum Gasteiger partial charge on any atom is 0.0849 e. The highest BCUT2D eigenvalue weighted by atomic mass is 16.3. The second-order valence-corrected chi connectivity index (χ2v) is 4.09. The molecule has 2 N–H and O–H groups in total. The summed E-state index contributed by atoms with van der Waals surface area (Å²) in [6.07, 6.45) is 2.26. The van der Waals surface area contributed by atoms with Crippen molar-refractivity contribution >= 4 is 0 Å². The quantitative estimate of drug-likeness (QED) is 0.668. The zero-order chi connectivity index (χ0) is 9.78. The first-order chi connectivity index (χ1) is 5.41. The summed E-state index contributed by atoms with van der Waals surface area (Å²) in [5.41, 5.74) is -0.956. The first-order valence-corrected chi connectivity index (χ1v) is 4.82. The van der Waals surface area contributed by atoms with Gasteiger partial charge in [0.1, 0.15) is 0 Å². The van der Waals surface area contributed by atoms with Crippen LogP contribution in [0.25, 0.3) is 0 Å². The van der Waals surface area contributed by atoms with Gasteiger partial charge in [0.05, 0.1) is 11.7 Å². The van der Waals surface area contributed by atoms with Gasteiger partial charge in [0.25, 0.3) is 0 Å². The van der Waals surface area contributed by atoms with E-state index in [1.165, 1.54) is 0 Å². The maximum atomic E-state index is 9.57. The third kappa shape index (κ3) is 4.07. The minimum absolute atomic E-state index is 0.534. The molecule has 0 bridgehead atoms. The minimum Gasteiger partial charge on any atom is -0.390 e. The van der Waals surface area contributed by atoms with Crippen molar-refractivity contribution in [2.45, 2.75) is 58.7 Å². The van der Waals surface area contributed by atoms with Crippen LogP contribution in [0, 0.1) is 5.92 Å². The molecule has 12 heavy (non-hydrogen) atoms. The van der Waals surface area contributed by atoms with Crippen molar-refractivity contribution in [3.63, 3.8) is 0 Å². The lowest BCUT2D eigenvalue weighted by Gasteiger charge is -2.27. The Balaban J connectivity index is 3.90. The molecule has 0 spiro atoms. The first kappa shape index (κ1) is 11.9. The fraction of sp³-hybridized carbons (Fsp3) is 1.00. The highest BCUT2D eigenvalue weighted by molar-refractivity contribution is 4.78. The van der Waals surface area contributed by atoms with Gasteiger partial charge in [-0.1, -0.05) is 26.7 Å². The molecule has 0 aliphatic heterocycles. The van der Waals surface area contributed by atoms with E-state index in [0.717, 1.165) is 12.8 Å². The Morgan fingerprint density at radius 2 is 1.58 bits per heavy atom. The summed E-state index contributed by atoms with van der Waals surface area (Å²) in [5.74, 6) is 0.534. The van der Waals surface area contributed by atoms with Crippen molar-refractivity contribution in [3.05, 3.63) is 0 Å². The molecule has 0 saturated carbocycles. The van der Waals surface area contributed by atoms with E-state index in [9.17, 15) is 10.2 Å². The molecule has 0 aromatic heterocycles. The molecule has 2 nitrogen and oxygen atoms in total. The van der Waals surface area contributed by atoms with Crippen molar-refractivity contribution in [3.8, 4) is 0 Å². The van der Waals surface area contributed by atoms with Gasteiger partial charge in [-0.3, -0.25) is 0 Å². The highest BCUT2D eigenvalue weighted by Gasteiger charge is 2.26. The molecule has 0 radical (unpaired) electrons. The Bertz CT molecular complexity index is 111. The monoisotopic (exact) mass is 174 g/mol. The van der Waals surface area contributed by atoms with E-state index in [0.29, 0.717) is 12.3 Å². The van der Waals surface area contributed by atoms with Gasteiger partial charge in [-0.25, -0.2) is 0 Å².